The molecule has 3 rings (SSSR count). The third kappa shape index (κ3) is 3.44. The van der Waals surface area contributed by atoms with E-state index in [1.807, 2.05) is 0 Å². The summed E-state index contributed by atoms with van der Waals surface area (Å²) in [6, 6.07) is 0. The molecule has 0 spiro atoms. The summed E-state index contributed by atoms with van der Waals surface area (Å²) in [5.41, 5.74) is 2.14. The number of nitrogens with zero attached hydrogens (tertiary/aromatic N) is 4. The van der Waals surface area contributed by atoms with Crippen LogP contribution in [0.1, 0.15) is 11.3 Å². The molecule has 1 aromatic heterocycles. The molecule has 3 heterocycles. The smallest absolute Gasteiger partial charge is 0.354 e. The Morgan fingerprint density at radius 3 is 2.62 bits per heavy atom. The van der Waals surface area contributed by atoms with Crippen LogP contribution in [0.25, 0.3) is 0 Å². The van der Waals surface area contributed by atoms with Crippen molar-refractivity contribution in [3.8, 4) is 0 Å². The average Bonchev–Trinajstić information content (AvgIpc) is 2.46. The van der Waals surface area contributed by atoms with Gasteiger partial charge in [0.05, 0.1) is 12.2 Å². The summed E-state index contributed by atoms with van der Waals surface area (Å²) in [4.78, 5) is 12.2. The van der Waals surface area contributed by atoms with Gasteiger partial charge in [0.25, 0.3) is 0 Å². The molecule has 2 aliphatic heterocycles. The van der Waals surface area contributed by atoms with Crippen LogP contribution in [-0.2, 0) is 13.0 Å². The van der Waals surface area contributed by atoms with Crippen LogP contribution < -0.4 is 10.2 Å². The first kappa shape index (κ1) is 14.5. The van der Waals surface area contributed by atoms with Gasteiger partial charge < -0.3 is 10.2 Å². The molecule has 0 radical (unpaired) electrons. The molecule has 1 N–H and O–H groups in total. The highest BCUT2D eigenvalue weighted by atomic mass is 19.4. The summed E-state index contributed by atoms with van der Waals surface area (Å²) in [7, 11) is 0. The fourth-order valence-electron chi connectivity index (χ4n) is 2.90. The third-order valence-corrected chi connectivity index (χ3v) is 3.93. The SMILES string of the molecule is FC(F)(F)CN1CCN(c2ncnc3c2CNCC3)CC1. The second-order valence-corrected chi connectivity index (χ2v) is 5.43. The highest BCUT2D eigenvalue weighted by molar-refractivity contribution is 5.49. The number of nitrogens with one attached hydrogen (secondary N) is 1. The number of aromatic nitrogens is 2. The monoisotopic (exact) mass is 301 g/mol. The Morgan fingerprint density at radius 2 is 1.90 bits per heavy atom. The lowest BCUT2D eigenvalue weighted by Crippen LogP contribution is -2.50. The predicted octanol–water partition coefficient (Wildman–Crippen LogP) is 0.807. The summed E-state index contributed by atoms with van der Waals surface area (Å²) >= 11 is 0. The molecule has 21 heavy (non-hydrogen) atoms. The standard InChI is InChI=1S/C13H18F3N5/c14-13(15,16)8-20-3-5-21(6-4-20)12-10-7-17-2-1-11(10)18-9-19-12/h9,17H,1-8H2. The molecular formula is C13H18F3N5. The summed E-state index contributed by atoms with van der Waals surface area (Å²) in [6.07, 6.45) is -1.69. The van der Waals surface area contributed by atoms with Gasteiger partial charge >= 0.3 is 6.18 Å². The molecule has 5 nitrogen and oxygen atoms in total. The van der Waals surface area contributed by atoms with E-state index >= 15 is 0 Å². The molecule has 0 unspecified atom stereocenters. The summed E-state index contributed by atoms with van der Waals surface area (Å²) in [5, 5.41) is 3.29. The van der Waals surface area contributed by atoms with E-state index in [1.165, 1.54) is 4.90 Å². The van der Waals surface area contributed by atoms with Crippen molar-refractivity contribution in [3.05, 3.63) is 17.6 Å². The first-order valence-corrected chi connectivity index (χ1v) is 7.10. The maximum Gasteiger partial charge on any atom is 0.401 e. The molecule has 0 bridgehead atoms. The van der Waals surface area contributed by atoms with Crippen LogP contribution in [0, 0.1) is 0 Å². The Bertz CT molecular complexity index is 497. The van der Waals surface area contributed by atoms with Gasteiger partial charge in [-0.3, -0.25) is 4.90 Å². The van der Waals surface area contributed by atoms with Crippen LogP contribution in [-0.4, -0.2) is 60.3 Å². The van der Waals surface area contributed by atoms with Crippen LogP contribution in [0.3, 0.4) is 0 Å². The molecule has 0 amide bonds. The maximum absolute atomic E-state index is 12.4. The van der Waals surface area contributed by atoms with Gasteiger partial charge in [-0.05, 0) is 0 Å². The summed E-state index contributed by atoms with van der Waals surface area (Å²) in [6.45, 7) is 2.76. The van der Waals surface area contributed by atoms with Gasteiger partial charge in [-0.2, -0.15) is 13.2 Å². The number of halogens is 3. The van der Waals surface area contributed by atoms with Crippen LogP contribution in [0.2, 0.25) is 0 Å². The molecule has 0 aromatic carbocycles. The Morgan fingerprint density at radius 1 is 1.14 bits per heavy atom. The zero-order valence-electron chi connectivity index (χ0n) is 11.7. The Balaban J connectivity index is 1.67. The van der Waals surface area contributed by atoms with Crippen molar-refractivity contribution in [2.24, 2.45) is 0 Å². The van der Waals surface area contributed by atoms with Crippen molar-refractivity contribution < 1.29 is 13.2 Å². The van der Waals surface area contributed by atoms with Crippen LogP contribution >= 0.6 is 0 Å². The van der Waals surface area contributed by atoms with E-state index in [2.05, 4.69) is 20.2 Å². The first-order valence-electron chi connectivity index (χ1n) is 7.10. The molecule has 0 atom stereocenters. The Kier molecular flexibility index (Phi) is 3.99. The number of alkyl halides is 3. The summed E-state index contributed by atoms with van der Waals surface area (Å²) in [5.74, 6) is 0.874. The van der Waals surface area contributed by atoms with E-state index in [0.29, 0.717) is 26.2 Å². The number of hydrogen-bond acceptors (Lipinski definition) is 5. The zero-order valence-corrected chi connectivity index (χ0v) is 11.7. The van der Waals surface area contributed by atoms with Gasteiger partial charge in [-0.25, -0.2) is 9.97 Å². The summed E-state index contributed by atoms with van der Waals surface area (Å²) < 4.78 is 37.2. The van der Waals surface area contributed by atoms with Gasteiger partial charge in [0.15, 0.2) is 0 Å². The van der Waals surface area contributed by atoms with Gasteiger partial charge in [0.1, 0.15) is 12.1 Å². The molecule has 1 saturated heterocycles. The van der Waals surface area contributed by atoms with Gasteiger partial charge in [0, 0.05) is 51.3 Å². The molecular weight excluding hydrogens is 283 g/mol. The molecule has 1 fully saturated rings. The second-order valence-electron chi connectivity index (χ2n) is 5.43. The fraction of sp³-hybridized carbons (Fsp3) is 0.692. The minimum atomic E-state index is -4.12. The van der Waals surface area contributed by atoms with Crippen molar-refractivity contribution in [2.75, 3.05) is 44.2 Å². The Hall–Kier alpha value is -1.41. The van der Waals surface area contributed by atoms with Crippen LogP contribution in [0.5, 0.6) is 0 Å². The van der Waals surface area contributed by atoms with Gasteiger partial charge in [-0.15, -0.1) is 0 Å². The molecule has 0 aliphatic carbocycles. The van der Waals surface area contributed by atoms with E-state index in [1.54, 1.807) is 6.33 Å². The van der Waals surface area contributed by atoms with Gasteiger partial charge in [0.2, 0.25) is 0 Å². The predicted molar refractivity (Wildman–Crippen MR) is 72.2 cm³/mol. The topological polar surface area (TPSA) is 44.3 Å². The average molecular weight is 301 g/mol. The minimum Gasteiger partial charge on any atom is -0.354 e. The number of piperazine rings is 1. The highest BCUT2D eigenvalue weighted by Crippen LogP contribution is 2.24. The molecule has 116 valence electrons. The fourth-order valence-corrected chi connectivity index (χ4v) is 2.90. The van der Waals surface area contributed by atoms with Crippen molar-refractivity contribution in [1.82, 2.24) is 20.2 Å². The molecule has 1 aromatic rings. The van der Waals surface area contributed by atoms with E-state index in [9.17, 15) is 13.2 Å². The van der Waals surface area contributed by atoms with Crippen molar-refractivity contribution in [1.29, 1.82) is 0 Å². The number of fused-ring (bicyclic) bond motifs is 1. The lowest BCUT2D eigenvalue weighted by Gasteiger charge is -2.37. The minimum absolute atomic E-state index is 0.408. The normalized spacial score (nSPS) is 20.4. The number of rotatable bonds is 2. The first-order chi connectivity index (χ1) is 10.0. The quantitative estimate of drug-likeness (QED) is 0.876. The van der Waals surface area contributed by atoms with E-state index in [-0.39, 0.29) is 0 Å². The molecule has 8 heteroatoms. The second kappa shape index (κ2) is 5.76. The number of anilines is 1. The molecule has 0 saturated carbocycles. The van der Waals surface area contributed by atoms with Crippen molar-refractivity contribution in [3.63, 3.8) is 0 Å². The van der Waals surface area contributed by atoms with E-state index in [4.69, 9.17) is 0 Å². The van der Waals surface area contributed by atoms with Crippen molar-refractivity contribution >= 4 is 5.82 Å². The van der Waals surface area contributed by atoms with Crippen LogP contribution in [0.15, 0.2) is 6.33 Å². The highest BCUT2D eigenvalue weighted by Gasteiger charge is 2.32. The van der Waals surface area contributed by atoms with E-state index in [0.717, 1.165) is 36.6 Å². The number of hydrogen-bond donors (Lipinski definition) is 1. The molecule has 2 aliphatic rings. The largest absolute Gasteiger partial charge is 0.401 e. The van der Waals surface area contributed by atoms with Crippen molar-refractivity contribution in [2.45, 2.75) is 19.1 Å². The third-order valence-electron chi connectivity index (χ3n) is 3.93. The van der Waals surface area contributed by atoms with Gasteiger partial charge in [-0.1, -0.05) is 0 Å². The maximum atomic E-state index is 12.4. The lowest BCUT2D eigenvalue weighted by atomic mass is 10.1. The lowest BCUT2D eigenvalue weighted by molar-refractivity contribution is -0.146. The zero-order chi connectivity index (χ0) is 14.9. The van der Waals surface area contributed by atoms with E-state index < -0.39 is 12.7 Å². The van der Waals surface area contributed by atoms with Crippen LogP contribution in [0.4, 0.5) is 19.0 Å². The Labute approximate surface area is 121 Å².